The zero-order chi connectivity index (χ0) is 18.5. The number of benzene rings is 1. The van der Waals surface area contributed by atoms with Gasteiger partial charge < -0.3 is 14.4 Å². The molecule has 0 spiro atoms. The summed E-state index contributed by atoms with van der Waals surface area (Å²) in [5.41, 5.74) is 0.864. The molecule has 1 aromatic carbocycles. The first-order chi connectivity index (χ1) is 12.5. The molecule has 8 heteroatoms. The van der Waals surface area contributed by atoms with Crippen LogP contribution >= 0.6 is 11.6 Å². The molecule has 0 bridgehead atoms. The Kier molecular flexibility index (Phi) is 5.90. The monoisotopic (exact) mass is 377 g/mol. The molecule has 1 N–H and O–H groups in total. The van der Waals surface area contributed by atoms with E-state index in [1.165, 1.54) is 0 Å². The number of nitrogens with zero attached hydrogens (tertiary/aromatic N) is 2. The Morgan fingerprint density at radius 1 is 1.35 bits per heavy atom. The quantitative estimate of drug-likeness (QED) is 0.634. The molecular formula is C18H20ClN3O4. The van der Waals surface area contributed by atoms with Gasteiger partial charge in [-0.15, -0.1) is 0 Å². The number of ether oxygens (including phenoxy) is 2. The Labute approximate surface area is 155 Å². The molecule has 2 heterocycles. The second-order valence-corrected chi connectivity index (χ2v) is 6.36. The van der Waals surface area contributed by atoms with Gasteiger partial charge >= 0.3 is 5.97 Å². The molecule has 7 nitrogen and oxygen atoms in total. The van der Waals surface area contributed by atoms with Crippen molar-refractivity contribution < 1.29 is 14.3 Å². The number of hydrogen-bond donors (Lipinski definition) is 1. The minimum atomic E-state index is -0.450. The molecule has 0 saturated carbocycles. The first-order valence-corrected chi connectivity index (χ1v) is 8.80. The number of hydrogen-bond acceptors (Lipinski definition) is 6. The zero-order valence-electron chi connectivity index (χ0n) is 14.5. The molecule has 0 unspecified atom stereocenters. The molecule has 1 fully saturated rings. The van der Waals surface area contributed by atoms with Crippen LogP contribution in [0.5, 0.6) is 5.75 Å². The van der Waals surface area contributed by atoms with Crippen molar-refractivity contribution in [1.29, 1.82) is 0 Å². The van der Waals surface area contributed by atoms with Gasteiger partial charge in [0.05, 0.1) is 24.7 Å². The topological polar surface area (TPSA) is 84.5 Å². The maximum Gasteiger partial charge on any atom is 0.311 e. The maximum atomic E-state index is 12.4. The second-order valence-electron chi connectivity index (χ2n) is 5.96. The van der Waals surface area contributed by atoms with E-state index in [0.717, 1.165) is 0 Å². The van der Waals surface area contributed by atoms with E-state index < -0.39 is 5.97 Å². The van der Waals surface area contributed by atoms with Gasteiger partial charge in [-0.1, -0.05) is 23.7 Å². The van der Waals surface area contributed by atoms with Crippen LogP contribution in [0.15, 0.2) is 29.1 Å². The summed E-state index contributed by atoms with van der Waals surface area (Å²) >= 11 is 5.97. The Balaban J connectivity index is 1.65. The minimum absolute atomic E-state index is 0.0632. The van der Waals surface area contributed by atoms with Gasteiger partial charge in [-0.05, 0) is 25.5 Å². The number of morpholine rings is 1. The van der Waals surface area contributed by atoms with Crippen molar-refractivity contribution in [2.45, 2.75) is 19.8 Å². The summed E-state index contributed by atoms with van der Waals surface area (Å²) in [5.74, 6) is 0.401. The lowest BCUT2D eigenvalue weighted by Crippen LogP contribution is -2.38. The summed E-state index contributed by atoms with van der Waals surface area (Å²) in [6.45, 7) is 4.36. The molecule has 1 aliphatic heterocycles. The normalized spacial score (nSPS) is 14.3. The molecule has 26 heavy (non-hydrogen) atoms. The predicted molar refractivity (Wildman–Crippen MR) is 98.0 cm³/mol. The average Bonchev–Trinajstić information content (AvgIpc) is 2.63. The lowest BCUT2D eigenvalue weighted by atomic mass is 10.1. The highest BCUT2D eigenvalue weighted by atomic mass is 35.5. The van der Waals surface area contributed by atoms with E-state index in [0.29, 0.717) is 54.3 Å². The molecule has 1 aromatic heterocycles. The van der Waals surface area contributed by atoms with Crippen LogP contribution in [0, 0.1) is 6.92 Å². The van der Waals surface area contributed by atoms with Crippen molar-refractivity contribution in [3.8, 4) is 5.75 Å². The lowest BCUT2D eigenvalue weighted by molar-refractivity contribution is -0.134. The Morgan fingerprint density at radius 3 is 2.77 bits per heavy atom. The fraction of sp³-hybridized carbons (Fsp3) is 0.389. The van der Waals surface area contributed by atoms with Crippen LogP contribution in [0.3, 0.4) is 0 Å². The van der Waals surface area contributed by atoms with Crippen LogP contribution < -0.4 is 15.2 Å². The van der Waals surface area contributed by atoms with Crippen molar-refractivity contribution in [3.05, 3.63) is 50.9 Å². The van der Waals surface area contributed by atoms with E-state index >= 15 is 0 Å². The molecule has 0 amide bonds. The Morgan fingerprint density at radius 2 is 2.08 bits per heavy atom. The summed E-state index contributed by atoms with van der Waals surface area (Å²) < 4.78 is 10.5. The van der Waals surface area contributed by atoms with E-state index in [1.807, 2.05) is 4.90 Å². The number of H-pyrrole nitrogens is 1. The highest BCUT2D eigenvalue weighted by molar-refractivity contribution is 6.32. The molecule has 2 aromatic rings. The summed E-state index contributed by atoms with van der Waals surface area (Å²) in [5, 5.41) is 0.367. The van der Waals surface area contributed by atoms with E-state index in [2.05, 4.69) is 9.97 Å². The fourth-order valence-electron chi connectivity index (χ4n) is 2.74. The smallest absolute Gasteiger partial charge is 0.311 e. The van der Waals surface area contributed by atoms with Gasteiger partial charge in [0.1, 0.15) is 5.75 Å². The number of anilines is 1. The van der Waals surface area contributed by atoms with Gasteiger partial charge in [0, 0.05) is 24.3 Å². The molecule has 138 valence electrons. The number of halogens is 1. The number of para-hydroxylation sites is 1. The second kappa shape index (κ2) is 8.33. The van der Waals surface area contributed by atoms with Crippen molar-refractivity contribution in [1.82, 2.24) is 9.97 Å². The molecule has 0 atom stereocenters. The Bertz CT molecular complexity index is 847. The van der Waals surface area contributed by atoms with E-state index in [1.54, 1.807) is 31.2 Å². The lowest BCUT2D eigenvalue weighted by Gasteiger charge is -2.27. The van der Waals surface area contributed by atoms with Gasteiger partial charge in [0.15, 0.2) is 0 Å². The van der Waals surface area contributed by atoms with Crippen molar-refractivity contribution in [3.63, 3.8) is 0 Å². The molecular weight excluding hydrogens is 358 g/mol. The van der Waals surface area contributed by atoms with Gasteiger partial charge in [-0.3, -0.25) is 14.6 Å². The third-order valence-electron chi connectivity index (χ3n) is 4.16. The minimum Gasteiger partial charge on any atom is -0.425 e. The summed E-state index contributed by atoms with van der Waals surface area (Å²) in [6, 6.07) is 6.76. The van der Waals surface area contributed by atoms with Crippen LogP contribution in [0.25, 0.3) is 0 Å². The number of rotatable bonds is 5. The van der Waals surface area contributed by atoms with Crippen LogP contribution in [-0.4, -0.2) is 42.2 Å². The van der Waals surface area contributed by atoms with Crippen molar-refractivity contribution in [2.75, 3.05) is 31.2 Å². The van der Waals surface area contributed by atoms with Gasteiger partial charge in [0.2, 0.25) is 5.95 Å². The van der Waals surface area contributed by atoms with Crippen LogP contribution in [0.2, 0.25) is 5.02 Å². The van der Waals surface area contributed by atoms with Crippen molar-refractivity contribution >= 4 is 23.5 Å². The van der Waals surface area contributed by atoms with Crippen LogP contribution in [-0.2, 0) is 16.0 Å². The van der Waals surface area contributed by atoms with Gasteiger partial charge in [0.25, 0.3) is 5.56 Å². The van der Waals surface area contributed by atoms with Crippen LogP contribution in [0.1, 0.15) is 17.7 Å². The average molecular weight is 378 g/mol. The maximum absolute atomic E-state index is 12.4. The Hall–Kier alpha value is -2.38. The first kappa shape index (κ1) is 18.4. The molecule has 1 aliphatic rings. The standard InChI is InChI=1S/C18H20ClN3O4/c1-12-13(6-7-16(23)26-15-5-3-2-4-14(15)19)17(24)21-18(20-12)22-8-10-25-11-9-22/h2-5H,6-11H2,1H3,(H,20,21,24). The first-order valence-electron chi connectivity index (χ1n) is 8.42. The van der Waals surface area contributed by atoms with Crippen molar-refractivity contribution in [2.24, 2.45) is 0 Å². The summed E-state index contributed by atoms with van der Waals surface area (Å²) in [6.07, 6.45) is 0.314. The third kappa shape index (κ3) is 4.42. The highest BCUT2D eigenvalue weighted by Gasteiger charge is 2.17. The summed E-state index contributed by atoms with van der Waals surface area (Å²) in [7, 11) is 0. The van der Waals surface area contributed by atoms with Gasteiger partial charge in [-0.25, -0.2) is 4.98 Å². The molecule has 0 aliphatic carbocycles. The van der Waals surface area contributed by atoms with E-state index in [9.17, 15) is 9.59 Å². The predicted octanol–water partition coefficient (Wildman–Crippen LogP) is 2.11. The largest absolute Gasteiger partial charge is 0.425 e. The molecule has 1 saturated heterocycles. The number of aromatic amines is 1. The van der Waals surface area contributed by atoms with Gasteiger partial charge in [-0.2, -0.15) is 0 Å². The third-order valence-corrected chi connectivity index (χ3v) is 4.47. The number of aromatic nitrogens is 2. The number of nitrogens with one attached hydrogen (secondary N) is 1. The highest BCUT2D eigenvalue weighted by Crippen LogP contribution is 2.23. The van der Waals surface area contributed by atoms with E-state index in [-0.39, 0.29) is 18.4 Å². The number of aryl methyl sites for hydroxylation is 1. The molecule has 0 radical (unpaired) electrons. The molecule has 3 rings (SSSR count). The number of carbonyl (C=O) groups is 1. The SMILES string of the molecule is Cc1nc(N2CCOCC2)[nH]c(=O)c1CCC(=O)Oc1ccccc1Cl. The zero-order valence-corrected chi connectivity index (χ0v) is 15.2. The summed E-state index contributed by atoms with van der Waals surface area (Å²) in [4.78, 5) is 33.7. The number of esters is 1. The number of carbonyl (C=O) groups excluding carboxylic acids is 1. The fourth-order valence-corrected chi connectivity index (χ4v) is 2.92. The van der Waals surface area contributed by atoms with Crippen LogP contribution in [0.4, 0.5) is 5.95 Å². The van der Waals surface area contributed by atoms with E-state index in [4.69, 9.17) is 21.1 Å².